The van der Waals surface area contributed by atoms with Gasteiger partial charge in [0.2, 0.25) is 0 Å². The van der Waals surface area contributed by atoms with E-state index in [0.717, 1.165) is 35.5 Å². The first kappa shape index (κ1) is 13.4. The van der Waals surface area contributed by atoms with E-state index in [0.29, 0.717) is 5.41 Å². The Labute approximate surface area is 125 Å². The lowest BCUT2D eigenvalue weighted by molar-refractivity contribution is -0.0523. The minimum atomic E-state index is 0.716. The number of rotatable bonds is 1. The smallest absolute Gasteiger partial charge is 0.0266 e. The highest BCUT2D eigenvalue weighted by molar-refractivity contribution is 5.07. The number of allylic oxidation sites excluding steroid dienone is 2. The van der Waals surface area contributed by atoms with E-state index in [-0.39, 0.29) is 0 Å². The van der Waals surface area contributed by atoms with Crippen molar-refractivity contribution in [3.05, 3.63) is 12.2 Å². The molecule has 0 saturated heterocycles. The maximum Gasteiger partial charge on any atom is -0.0266 e. The van der Waals surface area contributed by atoms with Gasteiger partial charge in [0.15, 0.2) is 0 Å². The van der Waals surface area contributed by atoms with Crippen LogP contribution < -0.4 is 0 Å². The monoisotopic (exact) mass is 272 g/mol. The van der Waals surface area contributed by atoms with E-state index in [1.165, 1.54) is 25.7 Å². The Balaban J connectivity index is 1.59. The Morgan fingerprint density at radius 1 is 0.900 bits per heavy atom. The van der Waals surface area contributed by atoms with E-state index in [1.807, 2.05) is 0 Å². The fourth-order valence-electron chi connectivity index (χ4n) is 7.20. The summed E-state index contributed by atoms with van der Waals surface area (Å²) >= 11 is 0. The third-order valence-electron chi connectivity index (χ3n) is 8.22. The third-order valence-corrected chi connectivity index (χ3v) is 8.22. The molecule has 112 valence electrons. The quantitative estimate of drug-likeness (QED) is 0.527. The van der Waals surface area contributed by atoms with Gasteiger partial charge >= 0.3 is 0 Å². The molecule has 7 atom stereocenters. The fourth-order valence-corrected chi connectivity index (χ4v) is 7.20. The van der Waals surface area contributed by atoms with Gasteiger partial charge in [0.05, 0.1) is 0 Å². The Morgan fingerprint density at radius 2 is 1.75 bits per heavy atom. The second-order valence-corrected chi connectivity index (χ2v) is 8.61. The Morgan fingerprint density at radius 3 is 2.60 bits per heavy atom. The van der Waals surface area contributed by atoms with Crippen molar-refractivity contribution < 1.29 is 0 Å². The minimum absolute atomic E-state index is 0.716. The van der Waals surface area contributed by atoms with Crippen LogP contribution >= 0.6 is 0 Å². The minimum Gasteiger partial charge on any atom is -0.0882 e. The molecule has 0 amide bonds. The zero-order valence-electron chi connectivity index (χ0n) is 13.5. The molecule has 0 aromatic heterocycles. The summed E-state index contributed by atoms with van der Waals surface area (Å²) < 4.78 is 0. The van der Waals surface area contributed by atoms with Gasteiger partial charge in [0.25, 0.3) is 0 Å². The van der Waals surface area contributed by atoms with Crippen LogP contribution in [0.15, 0.2) is 12.2 Å². The van der Waals surface area contributed by atoms with Gasteiger partial charge in [-0.25, -0.2) is 0 Å². The molecule has 0 heteroatoms. The van der Waals surface area contributed by atoms with E-state index in [9.17, 15) is 0 Å². The summed E-state index contributed by atoms with van der Waals surface area (Å²) in [6.45, 7) is 5.11. The van der Waals surface area contributed by atoms with Crippen LogP contribution in [-0.2, 0) is 0 Å². The van der Waals surface area contributed by atoms with Crippen LogP contribution in [-0.4, -0.2) is 0 Å². The van der Waals surface area contributed by atoms with Crippen molar-refractivity contribution in [3.8, 4) is 0 Å². The van der Waals surface area contributed by atoms with Crippen molar-refractivity contribution in [1.82, 2.24) is 0 Å². The molecule has 0 aliphatic heterocycles. The van der Waals surface area contributed by atoms with E-state index < -0.39 is 0 Å². The molecule has 0 N–H and O–H groups in total. The summed E-state index contributed by atoms with van der Waals surface area (Å²) in [7, 11) is 0. The van der Waals surface area contributed by atoms with E-state index in [4.69, 9.17) is 0 Å². The van der Waals surface area contributed by atoms with Crippen LogP contribution in [0.1, 0.15) is 71.6 Å². The summed E-state index contributed by atoms with van der Waals surface area (Å²) in [4.78, 5) is 0. The molecule has 0 aromatic rings. The largest absolute Gasteiger partial charge is 0.0882 e. The van der Waals surface area contributed by atoms with Gasteiger partial charge in [-0.3, -0.25) is 0 Å². The molecular formula is C20H32. The highest BCUT2D eigenvalue weighted by atomic mass is 14.6. The number of fused-ring (bicyclic) bond motifs is 5. The van der Waals surface area contributed by atoms with Gasteiger partial charge in [0, 0.05) is 0 Å². The molecule has 4 aliphatic rings. The molecule has 3 saturated carbocycles. The molecule has 0 nitrogen and oxygen atoms in total. The first-order valence-electron chi connectivity index (χ1n) is 9.39. The molecule has 20 heavy (non-hydrogen) atoms. The van der Waals surface area contributed by atoms with Gasteiger partial charge in [-0.05, 0) is 92.3 Å². The lowest BCUT2D eigenvalue weighted by Crippen LogP contribution is -2.47. The molecular weight excluding hydrogens is 240 g/mol. The van der Waals surface area contributed by atoms with Gasteiger partial charge in [-0.15, -0.1) is 0 Å². The van der Waals surface area contributed by atoms with Crippen molar-refractivity contribution >= 4 is 0 Å². The van der Waals surface area contributed by atoms with Crippen LogP contribution in [0.5, 0.6) is 0 Å². The second kappa shape index (κ2) is 4.89. The first-order valence-corrected chi connectivity index (χ1v) is 9.39. The van der Waals surface area contributed by atoms with E-state index in [1.54, 1.807) is 32.1 Å². The van der Waals surface area contributed by atoms with Gasteiger partial charge in [-0.2, -0.15) is 0 Å². The maximum absolute atomic E-state index is 2.67. The Kier molecular flexibility index (Phi) is 3.28. The molecule has 3 fully saturated rings. The molecule has 0 spiro atoms. The van der Waals surface area contributed by atoms with Crippen molar-refractivity contribution in [2.75, 3.05) is 0 Å². The molecule has 0 heterocycles. The molecule has 0 aromatic carbocycles. The number of hydrogen-bond donors (Lipinski definition) is 0. The molecule has 4 aliphatic carbocycles. The summed E-state index contributed by atoms with van der Waals surface area (Å²) in [6.07, 6.45) is 18.5. The Hall–Kier alpha value is -0.260. The molecule has 0 radical (unpaired) electrons. The van der Waals surface area contributed by atoms with Crippen LogP contribution in [0.3, 0.4) is 0 Å². The average Bonchev–Trinajstić information content (AvgIpc) is 2.83. The molecule has 0 bridgehead atoms. The Bertz CT molecular complexity index is 395. The first-order chi connectivity index (χ1) is 9.74. The lowest BCUT2D eigenvalue weighted by atomic mass is 9.50. The zero-order valence-corrected chi connectivity index (χ0v) is 13.5. The SMILES string of the molecule is CC[C@H]1CC[C@H]2[C@@H]3CCC4CC=CC[C@@H]4[C@H]3CC[C@]12C. The van der Waals surface area contributed by atoms with Crippen molar-refractivity contribution in [2.45, 2.75) is 71.6 Å². The van der Waals surface area contributed by atoms with Crippen LogP contribution in [0, 0.1) is 40.9 Å². The third kappa shape index (κ3) is 1.79. The van der Waals surface area contributed by atoms with Crippen molar-refractivity contribution in [3.63, 3.8) is 0 Å². The van der Waals surface area contributed by atoms with Crippen molar-refractivity contribution in [1.29, 1.82) is 0 Å². The average molecular weight is 272 g/mol. The maximum atomic E-state index is 2.67. The lowest BCUT2D eigenvalue weighted by Gasteiger charge is -2.55. The van der Waals surface area contributed by atoms with E-state index >= 15 is 0 Å². The van der Waals surface area contributed by atoms with Crippen LogP contribution in [0.2, 0.25) is 0 Å². The van der Waals surface area contributed by atoms with Gasteiger partial charge in [0.1, 0.15) is 0 Å². The summed E-state index contributed by atoms with van der Waals surface area (Å²) in [5, 5.41) is 0. The fraction of sp³-hybridized carbons (Fsp3) is 0.900. The molecule has 4 rings (SSSR count). The predicted octanol–water partition coefficient (Wildman–Crippen LogP) is 5.83. The highest BCUT2D eigenvalue weighted by Gasteiger charge is 2.55. The topological polar surface area (TPSA) is 0 Å². The summed E-state index contributed by atoms with van der Waals surface area (Å²) in [5.41, 5.74) is 0.716. The highest BCUT2D eigenvalue weighted by Crippen LogP contribution is 2.64. The zero-order chi connectivity index (χ0) is 13.7. The van der Waals surface area contributed by atoms with Gasteiger partial charge in [-0.1, -0.05) is 32.4 Å². The summed E-state index contributed by atoms with van der Waals surface area (Å²) in [6, 6.07) is 0. The normalized spacial score (nSPS) is 54.1. The van der Waals surface area contributed by atoms with Crippen LogP contribution in [0.4, 0.5) is 0 Å². The standard InChI is InChI=1S/C20H32/c1-3-15-9-11-19-18-10-8-14-6-4-5-7-16(14)17(18)12-13-20(15,19)2/h4-5,14-19H,3,6-13H2,1-2H3/t14?,15-,16-,17+,18+,19-,20+/m0/s1. The molecule has 1 unspecified atom stereocenters. The van der Waals surface area contributed by atoms with Crippen molar-refractivity contribution in [2.24, 2.45) is 40.9 Å². The van der Waals surface area contributed by atoms with Gasteiger partial charge < -0.3 is 0 Å². The number of hydrogen-bond acceptors (Lipinski definition) is 0. The summed E-state index contributed by atoms with van der Waals surface area (Å²) in [5.74, 6) is 6.42. The van der Waals surface area contributed by atoms with Crippen LogP contribution in [0.25, 0.3) is 0 Å². The van der Waals surface area contributed by atoms with E-state index in [2.05, 4.69) is 26.0 Å². The predicted molar refractivity (Wildman–Crippen MR) is 85.4 cm³/mol. The second-order valence-electron chi connectivity index (χ2n) is 8.61.